The highest BCUT2D eigenvalue weighted by Gasteiger charge is 2.27. The molecule has 1 rings (SSSR count). The largest absolute Gasteiger partial charge is 0.478 e. The molecule has 14 heavy (non-hydrogen) atoms. The number of amides is 2. The molecule has 5 heteroatoms. The second-order valence-corrected chi connectivity index (χ2v) is 3.09. The van der Waals surface area contributed by atoms with Crippen LogP contribution in [0, 0.1) is 0 Å². The highest BCUT2D eigenvalue weighted by atomic mass is 16.4. The molecular formula is C9H11NO4. The lowest BCUT2D eigenvalue weighted by Gasteiger charge is -2.10. The minimum atomic E-state index is -1.04. The van der Waals surface area contributed by atoms with Crippen LogP contribution in [0.15, 0.2) is 11.6 Å². The number of carbonyl (C=O) groups excluding carboxylic acids is 2. The second kappa shape index (κ2) is 4.04. The van der Waals surface area contributed by atoms with Crippen molar-refractivity contribution >= 4 is 17.8 Å². The molecule has 0 aromatic carbocycles. The molecule has 1 heterocycles. The fourth-order valence-electron chi connectivity index (χ4n) is 1.14. The fourth-order valence-corrected chi connectivity index (χ4v) is 1.14. The molecule has 1 N–H and O–H groups in total. The first-order chi connectivity index (χ1) is 6.52. The van der Waals surface area contributed by atoms with E-state index in [4.69, 9.17) is 5.11 Å². The summed E-state index contributed by atoms with van der Waals surface area (Å²) >= 11 is 0. The van der Waals surface area contributed by atoms with E-state index in [1.54, 1.807) is 0 Å². The van der Waals surface area contributed by atoms with Gasteiger partial charge < -0.3 is 5.11 Å². The van der Waals surface area contributed by atoms with E-state index < -0.39 is 5.97 Å². The summed E-state index contributed by atoms with van der Waals surface area (Å²) in [7, 11) is 0. The molecule has 0 radical (unpaired) electrons. The van der Waals surface area contributed by atoms with Gasteiger partial charge in [0.05, 0.1) is 0 Å². The Morgan fingerprint density at radius 1 is 1.43 bits per heavy atom. The number of imide groups is 1. The Labute approximate surface area is 81.0 Å². The Morgan fingerprint density at radius 3 is 2.36 bits per heavy atom. The first-order valence-corrected chi connectivity index (χ1v) is 4.25. The highest BCUT2D eigenvalue weighted by Crippen LogP contribution is 2.11. The van der Waals surface area contributed by atoms with Crippen molar-refractivity contribution in [2.45, 2.75) is 19.8 Å². The summed E-state index contributed by atoms with van der Waals surface area (Å²) in [6.07, 6.45) is 1.83. The number of hydrogen-bond acceptors (Lipinski definition) is 3. The number of carboxylic acid groups (broad SMARTS) is 1. The molecule has 0 atom stereocenters. The zero-order chi connectivity index (χ0) is 10.7. The van der Waals surface area contributed by atoms with Gasteiger partial charge in [-0.15, -0.1) is 0 Å². The van der Waals surface area contributed by atoms with E-state index in [1.807, 2.05) is 0 Å². The van der Waals surface area contributed by atoms with E-state index in [9.17, 15) is 14.4 Å². The molecule has 1 aliphatic rings. The van der Waals surface area contributed by atoms with Gasteiger partial charge in [-0.25, -0.2) is 4.79 Å². The lowest BCUT2D eigenvalue weighted by molar-refractivity contribution is -0.138. The predicted octanol–water partition coefficient (Wildman–Crippen LogP) is 0.166. The minimum absolute atomic E-state index is 0.0653. The maximum absolute atomic E-state index is 11.1. The van der Waals surface area contributed by atoms with Crippen molar-refractivity contribution < 1.29 is 19.5 Å². The summed E-state index contributed by atoms with van der Waals surface area (Å²) < 4.78 is 0. The van der Waals surface area contributed by atoms with Crippen molar-refractivity contribution in [2.24, 2.45) is 0 Å². The zero-order valence-electron chi connectivity index (χ0n) is 7.82. The smallest absolute Gasteiger partial charge is 0.331 e. The molecule has 5 nitrogen and oxygen atoms in total. The van der Waals surface area contributed by atoms with E-state index in [2.05, 4.69) is 0 Å². The molecule has 0 aliphatic carbocycles. The van der Waals surface area contributed by atoms with E-state index in [0.717, 1.165) is 4.90 Å². The quantitative estimate of drug-likeness (QED) is 0.516. The number of carbonyl (C=O) groups is 3. The van der Waals surface area contributed by atoms with Crippen LogP contribution in [0.25, 0.3) is 0 Å². The van der Waals surface area contributed by atoms with Crippen LogP contribution < -0.4 is 0 Å². The normalized spacial score (nSPS) is 17.8. The molecule has 0 aromatic rings. The van der Waals surface area contributed by atoms with Gasteiger partial charge in [0, 0.05) is 25.0 Å². The van der Waals surface area contributed by atoms with Crippen molar-refractivity contribution in [3.8, 4) is 0 Å². The Kier molecular flexibility index (Phi) is 3.01. The van der Waals surface area contributed by atoms with Gasteiger partial charge in [-0.2, -0.15) is 0 Å². The molecule has 0 unspecified atom stereocenters. The molecule has 1 saturated heterocycles. The zero-order valence-corrected chi connectivity index (χ0v) is 7.82. The van der Waals surface area contributed by atoms with Gasteiger partial charge in [0.15, 0.2) is 0 Å². The second-order valence-electron chi connectivity index (χ2n) is 3.09. The minimum Gasteiger partial charge on any atom is -0.478 e. The van der Waals surface area contributed by atoms with Gasteiger partial charge >= 0.3 is 5.97 Å². The Bertz CT molecular complexity index is 303. The van der Waals surface area contributed by atoms with Gasteiger partial charge in [0.2, 0.25) is 11.8 Å². The summed E-state index contributed by atoms with van der Waals surface area (Å²) in [5.41, 5.74) is 0.137. The van der Waals surface area contributed by atoms with E-state index >= 15 is 0 Å². The highest BCUT2D eigenvalue weighted by molar-refractivity contribution is 6.02. The van der Waals surface area contributed by atoms with Crippen molar-refractivity contribution in [3.05, 3.63) is 11.6 Å². The number of likely N-dealkylation sites (tertiary alicyclic amines) is 1. The fraction of sp³-hybridized carbons (Fsp3) is 0.444. The Balaban J connectivity index is 2.61. The predicted molar refractivity (Wildman–Crippen MR) is 47.3 cm³/mol. The lowest BCUT2D eigenvalue weighted by atomic mass is 10.3. The topological polar surface area (TPSA) is 74.7 Å². The molecule has 0 bridgehead atoms. The van der Waals surface area contributed by atoms with Crippen LogP contribution in [0.4, 0.5) is 0 Å². The number of aliphatic carboxylic acids is 1. The first-order valence-electron chi connectivity index (χ1n) is 4.25. The molecule has 1 fully saturated rings. The lowest BCUT2D eigenvalue weighted by Crippen LogP contribution is -2.29. The average Bonchev–Trinajstić information content (AvgIpc) is 2.43. The number of rotatable bonds is 3. The van der Waals surface area contributed by atoms with Gasteiger partial charge in [-0.3, -0.25) is 14.5 Å². The van der Waals surface area contributed by atoms with Crippen LogP contribution >= 0.6 is 0 Å². The van der Waals surface area contributed by atoms with Gasteiger partial charge in [0.25, 0.3) is 0 Å². The summed E-state index contributed by atoms with van der Waals surface area (Å²) in [5, 5.41) is 8.53. The molecule has 2 amide bonds. The van der Waals surface area contributed by atoms with Crippen LogP contribution in [-0.4, -0.2) is 34.3 Å². The van der Waals surface area contributed by atoms with Crippen LogP contribution in [-0.2, 0) is 14.4 Å². The van der Waals surface area contributed by atoms with Crippen molar-refractivity contribution in [1.29, 1.82) is 0 Å². The van der Waals surface area contributed by atoms with Gasteiger partial charge in [-0.05, 0) is 6.92 Å². The third kappa shape index (κ3) is 2.18. The SMILES string of the molecule is C/C(=C\CN1C(=O)CCC1=O)C(=O)O. The molecule has 0 aromatic heterocycles. The van der Waals surface area contributed by atoms with Crippen LogP contribution in [0.5, 0.6) is 0 Å². The van der Waals surface area contributed by atoms with Crippen LogP contribution in [0.2, 0.25) is 0 Å². The number of nitrogens with zero attached hydrogens (tertiary/aromatic N) is 1. The Morgan fingerprint density at radius 2 is 1.93 bits per heavy atom. The van der Waals surface area contributed by atoms with Crippen molar-refractivity contribution in [2.75, 3.05) is 6.54 Å². The van der Waals surface area contributed by atoms with E-state index in [1.165, 1.54) is 13.0 Å². The molecule has 0 spiro atoms. The van der Waals surface area contributed by atoms with Crippen LogP contribution in [0.1, 0.15) is 19.8 Å². The molecular weight excluding hydrogens is 186 g/mol. The van der Waals surface area contributed by atoms with E-state index in [0.29, 0.717) is 0 Å². The Hall–Kier alpha value is -1.65. The maximum atomic E-state index is 11.1. The summed E-state index contributed by atoms with van der Waals surface area (Å²) in [6, 6.07) is 0. The molecule has 1 aliphatic heterocycles. The molecule has 76 valence electrons. The third-order valence-electron chi connectivity index (χ3n) is 2.07. The standard InChI is InChI=1S/C9H11NO4/c1-6(9(13)14)4-5-10-7(11)2-3-8(10)12/h4H,2-3,5H2,1H3,(H,13,14)/b6-4+. The number of hydrogen-bond donors (Lipinski definition) is 1. The summed E-state index contributed by atoms with van der Waals surface area (Å²) in [4.78, 5) is 33.7. The maximum Gasteiger partial charge on any atom is 0.331 e. The van der Waals surface area contributed by atoms with Gasteiger partial charge in [0.1, 0.15) is 0 Å². The third-order valence-corrected chi connectivity index (χ3v) is 2.07. The monoisotopic (exact) mass is 197 g/mol. The summed E-state index contributed by atoms with van der Waals surface area (Å²) in [6.45, 7) is 1.49. The first kappa shape index (κ1) is 10.4. The van der Waals surface area contributed by atoms with Crippen LogP contribution in [0.3, 0.4) is 0 Å². The number of carboxylic acids is 1. The molecule has 0 saturated carbocycles. The summed E-state index contributed by atoms with van der Waals surface area (Å²) in [5.74, 6) is -1.50. The van der Waals surface area contributed by atoms with Crippen molar-refractivity contribution in [3.63, 3.8) is 0 Å². The average molecular weight is 197 g/mol. The van der Waals surface area contributed by atoms with Crippen molar-refractivity contribution in [1.82, 2.24) is 4.90 Å². The van der Waals surface area contributed by atoms with E-state index in [-0.39, 0.29) is 36.8 Å². The van der Waals surface area contributed by atoms with Gasteiger partial charge in [-0.1, -0.05) is 6.08 Å².